The minimum absolute atomic E-state index is 0.125. The van der Waals surface area contributed by atoms with Crippen molar-refractivity contribution in [1.29, 1.82) is 0 Å². The molecule has 0 radical (unpaired) electrons. The van der Waals surface area contributed by atoms with Crippen LogP contribution in [0.5, 0.6) is 0 Å². The molecule has 1 N–H and O–H groups in total. The average molecular weight is 441 g/mol. The molecular formula is C20H19N5O5S. The highest BCUT2D eigenvalue weighted by Crippen LogP contribution is 2.33. The molecular weight excluding hydrogens is 422 g/mol. The molecule has 1 aromatic heterocycles. The second-order valence-corrected chi connectivity index (χ2v) is 8.10. The van der Waals surface area contributed by atoms with Crippen LogP contribution in [0, 0.1) is 33.1 Å². The van der Waals surface area contributed by atoms with Gasteiger partial charge in [-0.15, -0.1) is 0 Å². The molecule has 0 aliphatic carbocycles. The third kappa shape index (κ3) is 5.89. The Kier molecular flexibility index (Phi) is 6.65. The van der Waals surface area contributed by atoms with Crippen molar-refractivity contribution in [3.05, 3.63) is 80.7 Å². The number of hydrogen-bond acceptors (Lipinski definition) is 7. The van der Waals surface area contributed by atoms with Gasteiger partial charge in [0.25, 0.3) is 5.69 Å². The number of carbonyl (C=O) groups is 1. The quantitative estimate of drug-likeness (QED) is 0.404. The first-order chi connectivity index (χ1) is 14.7. The molecule has 1 atom stereocenters. The number of carbonyl (C=O) groups excluding carboxylic acids is 1. The van der Waals surface area contributed by atoms with Crippen LogP contribution in [-0.4, -0.2) is 25.5 Å². The number of amides is 1. The SMILES string of the molecule is Cc1ccc(Sc2cc(NC(=O)[C@@H](C)Cn3cc([N+](=O)[O-])cn3)cc([N+](=O)[O-])c2)cc1. The first-order valence-corrected chi connectivity index (χ1v) is 10.0. The van der Waals surface area contributed by atoms with E-state index in [1.165, 1.54) is 34.8 Å². The second kappa shape index (κ2) is 9.39. The highest BCUT2D eigenvalue weighted by molar-refractivity contribution is 7.99. The molecule has 31 heavy (non-hydrogen) atoms. The molecule has 11 heteroatoms. The number of rotatable bonds is 8. The van der Waals surface area contributed by atoms with Gasteiger partial charge in [0.1, 0.15) is 12.4 Å². The Morgan fingerprint density at radius 3 is 2.39 bits per heavy atom. The van der Waals surface area contributed by atoms with Crippen LogP contribution in [-0.2, 0) is 11.3 Å². The van der Waals surface area contributed by atoms with E-state index in [1.807, 2.05) is 31.2 Å². The fourth-order valence-corrected chi connectivity index (χ4v) is 3.65. The van der Waals surface area contributed by atoms with Crippen LogP contribution in [0.25, 0.3) is 0 Å². The van der Waals surface area contributed by atoms with Gasteiger partial charge in [-0.2, -0.15) is 5.10 Å². The molecule has 1 heterocycles. The summed E-state index contributed by atoms with van der Waals surface area (Å²) < 4.78 is 1.31. The van der Waals surface area contributed by atoms with Crippen LogP contribution in [0.2, 0.25) is 0 Å². The molecule has 3 rings (SSSR count). The van der Waals surface area contributed by atoms with E-state index in [0.717, 1.165) is 16.7 Å². The van der Waals surface area contributed by atoms with Gasteiger partial charge in [-0.3, -0.25) is 29.7 Å². The molecule has 0 spiro atoms. The molecule has 0 saturated carbocycles. The topological polar surface area (TPSA) is 133 Å². The molecule has 0 aliphatic rings. The maximum absolute atomic E-state index is 12.6. The van der Waals surface area contributed by atoms with Gasteiger partial charge in [0, 0.05) is 27.6 Å². The normalized spacial score (nSPS) is 11.7. The number of nitrogens with zero attached hydrogens (tertiary/aromatic N) is 4. The molecule has 2 aromatic carbocycles. The van der Waals surface area contributed by atoms with Crippen molar-refractivity contribution in [3.63, 3.8) is 0 Å². The van der Waals surface area contributed by atoms with Crippen molar-refractivity contribution in [2.24, 2.45) is 5.92 Å². The third-order valence-corrected chi connectivity index (χ3v) is 5.34. The lowest BCUT2D eigenvalue weighted by Crippen LogP contribution is -2.24. The Balaban J connectivity index is 1.74. The van der Waals surface area contributed by atoms with Crippen LogP contribution in [0.4, 0.5) is 17.1 Å². The molecule has 0 bridgehead atoms. The summed E-state index contributed by atoms with van der Waals surface area (Å²) in [4.78, 5) is 35.1. The summed E-state index contributed by atoms with van der Waals surface area (Å²) in [6.07, 6.45) is 2.35. The lowest BCUT2D eigenvalue weighted by molar-refractivity contribution is -0.385. The maximum atomic E-state index is 12.6. The number of hydrogen-bond donors (Lipinski definition) is 1. The van der Waals surface area contributed by atoms with E-state index in [0.29, 0.717) is 10.6 Å². The van der Waals surface area contributed by atoms with E-state index in [2.05, 4.69) is 10.4 Å². The molecule has 0 fully saturated rings. The average Bonchev–Trinajstić information content (AvgIpc) is 3.18. The monoisotopic (exact) mass is 441 g/mol. The summed E-state index contributed by atoms with van der Waals surface area (Å²) in [5, 5.41) is 28.7. The van der Waals surface area contributed by atoms with Crippen LogP contribution >= 0.6 is 11.8 Å². The molecule has 3 aromatic rings. The largest absolute Gasteiger partial charge is 0.326 e. The Bertz CT molecular complexity index is 1130. The molecule has 1 amide bonds. The second-order valence-electron chi connectivity index (χ2n) is 6.96. The van der Waals surface area contributed by atoms with Gasteiger partial charge in [-0.25, -0.2) is 0 Å². The Labute approximate surface area is 181 Å². The first-order valence-electron chi connectivity index (χ1n) is 9.23. The number of nitro groups is 2. The van der Waals surface area contributed by atoms with Crippen molar-refractivity contribution in [2.75, 3.05) is 5.32 Å². The molecule has 0 unspecified atom stereocenters. The zero-order chi connectivity index (χ0) is 22.5. The van der Waals surface area contributed by atoms with Crippen molar-refractivity contribution < 1.29 is 14.6 Å². The zero-order valence-electron chi connectivity index (χ0n) is 16.7. The van der Waals surface area contributed by atoms with E-state index < -0.39 is 15.8 Å². The van der Waals surface area contributed by atoms with E-state index in [-0.39, 0.29) is 23.8 Å². The summed E-state index contributed by atoms with van der Waals surface area (Å²) in [5.74, 6) is -0.961. The zero-order valence-corrected chi connectivity index (χ0v) is 17.5. The minimum Gasteiger partial charge on any atom is -0.326 e. The molecule has 0 saturated heterocycles. The van der Waals surface area contributed by atoms with Crippen molar-refractivity contribution in [2.45, 2.75) is 30.2 Å². The van der Waals surface area contributed by atoms with E-state index in [1.54, 1.807) is 13.0 Å². The number of non-ortho nitro benzene ring substituents is 1. The van der Waals surface area contributed by atoms with Crippen molar-refractivity contribution >= 4 is 34.7 Å². The van der Waals surface area contributed by atoms with E-state index in [9.17, 15) is 25.0 Å². The summed E-state index contributed by atoms with van der Waals surface area (Å²) in [5.41, 5.74) is 1.10. The van der Waals surface area contributed by atoms with E-state index in [4.69, 9.17) is 0 Å². The van der Waals surface area contributed by atoms with Gasteiger partial charge in [0.2, 0.25) is 5.91 Å². The standard InChI is InChI=1S/C20H19N5O5S/c1-13-3-5-18(6-4-13)31-19-8-15(7-16(9-19)24(27)28)22-20(26)14(2)11-23-12-17(10-21-23)25(29)30/h3-10,12,14H,11H2,1-2H3,(H,22,26)/t14-/m0/s1. The summed E-state index contributed by atoms with van der Waals surface area (Å²) in [6.45, 7) is 3.74. The Morgan fingerprint density at radius 1 is 1.10 bits per heavy atom. The number of aromatic nitrogens is 2. The maximum Gasteiger partial charge on any atom is 0.306 e. The van der Waals surface area contributed by atoms with Gasteiger partial charge in [0.05, 0.1) is 22.3 Å². The van der Waals surface area contributed by atoms with Gasteiger partial charge in [0.15, 0.2) is 0 Å². The predicted molar refractivity (Wildman–Crippen MR) is 115 cm³/mol. The summed E-state index contributed by atoms with van der Waals surface area (Å²) >= 11 is 1.35. The lowest BCUT2D eigenvalue weighted by Gasteiger charge is -2.13. The number of nitro benzene ring substituents is 1. The number of aryl methyl sites for hydroxylation is 1. The molecule has 10 nitrogen and oxygen atoms in total. The van der Waals surface area contributed by atoms with E-state index >= 15 is 0 Å². The smallest absolute Gasteiger partial charge is 0.306 e. The third-order valence-electron chi connectivity index (χ3n) is 4.37. The van der Waals surface area contributed by atoms with Gasteiger partial charge >= 0.3 is 5.69 Å². The first kappa shape index (κ1) is 22.0. The minimum atomic E-state index is -0.577. The van der Waals surface area contributed by atoms with Gasteiger partial charge in [-0.1, -0.05) is 36.4 Å². The summed E-state index contributed by atoms with van der Waals surface area (Å²) in [6, 6.07) is 12.1. The van der Waals surface area contributed by atoms with Crippen LogP contribution in [0.15, 0.2) is 64.6 Å². The summed E-state index contributed by atoms with van der Waals surface area (Å²) in [7, 11) is 0. The highest BCUT2D eigenvalue weighted by atomic mass is 32.2. The van der Waals surface area contributed by atoms with Crippen LogP contribution in [0.3, 0.4) is 0 Å². The Morgan fingerprint density at radius 2 is 1.77 bits per heavy atom. The highest BCUT2D eigenvalue weighted by Gasteiger charge is 2.18. The van der Waals surface area contributed by atoms with Crippen molar-refractivity contribution in [3.8, 4) is 0 Å². The lowest BCUT2D eigenvalue weighted by atomic mass is 10.1. The number of anilines is 1. The molecule has 0 aliphatic heterocycles. The van der Waals surface area contributed by atoms with Gasteiger partial charge in [-0.05, 0) is 25.1 Å². The van der Waals surface area contributed by atoms with Gasteiger partial charge < -0.3 is 5.32 Å². The van der Waals surface area contributed by atoms with Crippen molar-refractivity contribution in [1.82, 2.24) is 9.78 Å². The fraction of sp³-hybridized carbons (Fsp3) is 0.200. The fourth-order valence-electron chi connectivity index (χ4n) is 2.74. The van der Waals surface area contributed by atoms with Crippen LogP contribution in [0.1, 0.15) is 12.5 Å². The Hall–Kier alpha value is -3.73. The number of nitrogens with one attached hydrogen (secondary N) is 1. The number of benzene rings is 2. The predicted octanol–water partition coefficient (Wildman–Crippen LogP) is 4.43. The molecule has 160 valence electrons. The van der Waals surface area contributed by atoms with Crippen LogP contribution < -0.4 is 5.32 Å².